The van der Waals surface area contributed by atoms with Crippen LogP contribution in [-0.4, -0.2) is 24.5 Å². The lowest BCUT2D eigenvalue weighted by atomic mass is 10.1. The first-order valence-electron chi connectivity index (χ1n) is 4.40. The van der Waals surface area contributed by atoms with Crippen LogP contribution in [0.15, 0.2) is 24.3 Å². The second-order valence-corrected chi connectivity index (χ2v) is 3.02. The highest BCUT2D eigenvalue weighted by atomic mass is 19.4. The number of ether oxygens (including phenoxy) is 1. The number of hydrogen-bond donors (Lipinski definition) is 1. The first-order valence-corrected chi connectivity index (χ1v) is 4.40. The molecule has 1 aromatic carbocycles. The summed E-state index contributed by atoms with van der Waals surface area (Å²) in [5.74, 6) is 0.175. The molecule has 2 nitrogen and oxygen atoms in total. The average molecular weight is 220 g/mol. The minimum absolute atomic E-state index is 0.0166. The van der Waals surface area contributed by atoms with Crippen LogP contribution >= 0.6 is 0 Å². The maximum atomic E-state index is 11.8. The lowest BCUT2D eigenvalue weighted by Crippen LogP contribution is -2.19. The quantitative estimate of drug-likeness (QED) is 0.842. The van der Waals surface area contributed by atoms with E-state index in [1.807, 2.05) is 0 Å². The average Bonchev–Trinajstić information content (AvgIpc) is 2.16. The van der Waals surface area contributed by atoms with Crippen LogP contribution in [0.5, 0.6) is 5.75 Å². The molecule has 0 saturated carbocycles. The molecule has 1 aromatic rings. The van der Waals surface area contributed by atoms with Crippen LogP contribution in [0.4, 0.5) is 13.2 Å². The van der Waals surface area contributed by atoms with Gasteiger partial charge in [0.2, 0.25) is 0 Å². The summed E-state index contributed by atoms with van der Waals surface area (Å²) in [5.41, 5.74) is 0.858. The third-order valence-corrected chi connectivity index (χ3v) is 1.73. The Morgan fingerprint density at radius 2 is 1.73 bits per heavy atom. The van der Waals surface area contributed by atoms with Crippen LogP contribution < -0.4 is 4.74 Å². The third-order valence-electron chi connectivity index (χ3n) is 1.73. The van der Waals surface area contributed by atoms with Gasteiger partial charge in [0, 0.05) is 6.61 Å². The first-order chi connectivity index (χ1) is 7.01. The fourth-order valence-electron chi connectivity index (χ4n) is 1.05. The Morgan fingerprint density at radius 3 is 2.20 bits per heavy atom. The molecular formula is C10H11F3O2. The van der Waals surface area contributed by atoms with Crippen LogP contribution in [0.25, 0.3) is 0 Å². The molecule has 0 amide bonds. The number of hydrogen-bond acceptors (Lipinski definition) is 2. The van der Waals surface area contributed by atoms with E-state index in [-0.39, 0.29) is 12.4 Å². The maximum absolute atomic E-state index is 11.8. The summed E-state index contributed by atoms with van der Waals surface area (Å²) >= 11 is 0. The zero-order chi connectivity index (χ0) is 11.3. The smallest absolute Gasteiger partial charge is 0.422 e. The molecule has 5 heteroatoms. The summed E-state index contributed by atoms with van der Waals surface area (Å²) in [6.45, 7) is -1.27. The zero-order valence-electron chi connectivity index (χ0n) is 7.92. The fraction of sp³-hybridized carbons (Fsp3) is 0.400. The van der Waals surface area contributed by atoms with Gasteiger partial charge in [-0.05, 0) is 24.1 Å². The Labute approximate surface area is 85.3 Å². The summed E-state index contributed by atoms with van der Waals surface area (Å²) in [6, 6.07) is 6.16. The van der Waals surface area contributed by atoms with Crippen molar-refractivity contribution in [1.82, 2.24) is 0 Å². The second-order valence-electron chi connectivity index (χ2n) is 3.02. The highest BCUT2D eigenvalue weighted by molar-refractivity contribution is 5.27. The maximum Gasteiger partial charge on any atom is 0.422 e. The van der Waals surface area contributed by atoms with E-state index in [2.05, 4.69) is 4.74 Å². The van der Waals surface area contributed by atoms with Gasteiger partial charge >= 0.3 is 6.18 Å². The van der Waals surface area contributed by atoms with Gasteiger partial charge in [0.15, 0.2) is 6.61 Å². The molecule has 0 aliphatic carbocycles. The van der Waals surface area contributed by atoms with Crippen molar-refractivity contribution < 1.29 is 23.0 Å². The molecule has 0 radical (unpaired) electrons. The largest absolute Gasteiger partial charge is 0.484 e. The van der Waals surface area contributed by atoms with Gasteiger partial charge in [-0.1, -0.05) is 12.1 Å². The van der Waals surface area contributed by atoms with Crippen molar-refractivity contribution in [3.8, 4) is 5.75 Å². The second kappa shape index (κ2) is 5.02. The lowest BCUT2D eigenvalue weighted by molar-refractivity contribution is -0.153. The lowest BCUT2D eigenvalue weighted by Gasteiger charge is -2.09. The topological polar surface area (TPSA) is 29.5 Å². The monoisotopic (exact) mass is 220 g/mol. The molecule has 15 heavy (non-hydrogen) atoms. The molecule has 0 heterocycles. The molecule has 0 unspecified atom stereocenters. The van der Waals surface area contributed by atoms with E-state index in [4.69, 9.17) is 5.11 Å². The van der Waals surface area contributed by atoms with Crippen molar-refractivity contribution >= 4 is 0 Å². The number of alkyl halides is 3. The molecule has 0 spiro atoms. The van der Waals surface area contributed by atoms with Gasteiger partial charge in [-0.3, -0.25) is 0 Å². The van der Waals surface area contributed by atoms with Crippen LogP contribution in [0.2, 0.25) is 0 Å². The number of halogens is 3. The summed E-state index contributed by atoms with van der Waals surface area (Å²) < 4.78 is 39.9. The molecule has 84 valence electrons. The summed E-state index contributed by atoms with van der Waals surface area (Å²) in [4.78, 5) is 0. The van der Waals surface area contributed by atoms with Gasteiger partial charge in [-0.25, -0.2) is 0 Å². The number of benzene rings is 1. The van der Waals surface area contributed by atoms with Gasteiger partial charge < -0.3 is 9.84 Å². The zero-order valence-corrected chi connectivity index (χ0v) is 7.92. The molecule has 0 fully saturated rings. The van der Waals surface area contributed by atoms with Gasteiger partial charge in [0.05, 0.1) is 0 Å². The van der Waals surface area contributed by atoms with Gasteiger partial charge in [0.1, 0.15) is 5.75 Å². The van der Waals surface area contributed by atoms with E-state index in [0.717, 1.165) is 5.56 Å². The highest BCUT2D eigenvalue weighted by Gasteiger charge is 2.28. The van der Waals surface area contributed by atoms with Crippen molar-refractivity contribution in [2.45, 2.75) is 12.6 Å². The SMILES string of the molecule is OCCc1ccc(OCC(F)(F)F)cc1. The minimum atomic E-state index is -4.32. The van der Waals surface area contributed by atoms with Crippen LogP contribution in [0.1, 0.15) is 5.56 Å². The minimum Gasteiger partial charge on any atom is -0.484 e. The Bertz CT molecular complexity index is 293. The Kier molecular flexibility index (Phi) is 3.96. The van der Waals surface area contributed by atoms with Gasteiger partial charge in [0.25, 0.3) is 0 Å². The number of aliphatic hydroxyl groups is 1. The molecule has 0 atom stereocenters. The number of aliphatic hydroxyl groups excluding tert-OH is 1. The molecule has 0 saturated heterocycles. The van der Waals surface area contributed by atoms with Crippen molar-refractivity contribution in [3.63, 3.8) is 0 Å². The molecule has 0 aliphatic heterocycles. The Hall–Kier alpha value is -1.23. The van der Waals surface area contributed by atoms with Gasteiger partial charge in [-0.15, -0.1) is 0 Å². The molecule has 1 rings (SSSR count). The van der Waals surface area contributed by atoms with Gasteiger partial charge in [-0.2, -0.15) is 13.2 Å². The molecule has 1 N–H and O–H groups in total. The predicted octanol–water partition coefficient (Wildman–Crippen LogP) is 2.16. The molecule has 0 aromatic heterocycles. The summed E-state index contributed by atoms with van der Waals surface area (Å²) in [7, 11) is 0. The molecule has 0 bridgehead atoms. The van der Waals surface area contributed by atoms with E-state index >= 15 is 0 Å². The van der Waals surface area contributed by atoms with E-state index in [1.165, 1.54) is 12.1 Å². The first kappa shape index (κ1) is 11.8. The third kappa shape index (κ3) is 4.69. The fourth-order valence-corrected chi connectivity index (χ4v) is 1.05. The summed E-state index contributed by atoms with van der Waals surface area (Å²) in [5, 5.41) is 8.62. The standard InChI is InChI=1S/C10H11F3O2/c11-10(12,13)7-15-9-3-1-8(2-4-9)5-6-14/h1-4,14H,5-7H2. The normalized spacial score (nSPS) is 11.5. The highest BCUT2D eigenvalue weighted by Crippen LogP contribution is 2.18. The van der Waals surface area contributed by atoms with Crippen molar-refractivity contribution in [1.29, 1.82) is 0 Å². The van der Waals surface area contributed by atoms with E-state index in [9.17, 15) is 13.2 Å². The van der Waals surface area contributed by atoms with Crippen LogP contribution in [0, 0.1) is 0 Å². The van der Waals surface area contributed by atoms with E-state index in [1.54, 1.807) is 12.1 Å². The summed E-state index contributed by atoms with van der Waals surface area (Å²) in [6.07, 6.45) is -3.83. The Morgan fingerprint density at radius 1 is 1.13 bits per heavy atom. The van der Waals surface area contributed by atoms with E-state index < -0.39 is 12.8 Å². The van der Waals surface area contributed by atoms with Crippen LogP contribution in [0.3, 0.4) is 0 Å². The molecule has 0 aliphatic rings. The van der Waals surface area contributed by atoms with Crippen molar-refractivity contribution in [3.05, 3.63) is 29.8 Å². The predicted molar refractivity (Wildman–Crippen MR) is 48.8 cm³/mol. The van der Waals surface area contributed by atoms with E-state index in [0.29, 0.717) is 6.42 Å². The van der Waals surface area contributed by atoms with Crippen molar-refractivity contribution in [2.24, 2.45) is 0 Å². The van der Waals surface area contributed by atoms with Crippen LogP contribution in [-0.2, 0) is 6.42 Å². The van der Waals surface area contributed by atoms with Crippen molar-refractivity contribution in [2.75, 3.05) is 13.2 Å². The number of rotatable bonds is 4. The Balaban J connectivity index is 2.50. The molecular weight excluding hydrogens is 209 g/mol.